The first-order chi connectivity index (χ1) is 6.54. The van der Waals surface area contributed by atoms with Crippen molar-refractivity contribution in [1.29, 1.82) is 0 Å². The highest BCUT2D eigenvalue weighted by Gasteiger charge is 2.34. The Balaban J connectivity index is 2.57. The van der Waals surface area contributed by atoms with Gasteiger partial charge in [-0.1, -0.05) is 0 Å². The number of methoxy groups -OCH3 is 1. The number of carboxylic acid groups (broad SMARTS) is 1. The van der Waals surface area contributed by atoms with Crippen molar-refractivity contribution < 1.29 is 19.4 Å². The monoisotopic (exact) mass is 202 g/mol. The molecule has 6 heteroatoms. The highest BCUT2D eigenvalue weighted by Crippen LogP contribution is 2.19. The molecular formula is C8H14N2O4. The second-order valence-corrected chi connectivity index (χ2v) is 3.36. The van der Waals surface area contributed by atoms with E-state index in [0.717, 1.165) is 0 Å². The number of nitrogens with two attached hydrogens (primary N) is 1. The van der Waals surface area contributed by atoms with Crippen LogP contribution in [0.25, 0.3) is 0 Å². The molecule has 0 aromatic rings. The minimum absolute atomic E-state index is 0.0799. The van der Waals surface area contributed by atoms with Crippen LogP contribution in [0.2, 0.25) is 0 Å². The number of amides is 1. The zero-order valence-electron chi connectivity index (χ0n) is 7.97. The van der Waals surface area contributed by atoms with Crippen LogP contribution in [-0.4, -0.2) is 47.8 Å². The summed E-state index contributed by atoms with van der Waals surface area (Å²) in [4.78, 5) is 22.9. The molecule has 0 bridgehead atoms. The van der Waals surface area contributed by atoms with Crippen LogP contribution in [0.15, 0.2) is 0 Å². The number of rotatable bonds is 2. The van der Waals surface area contributed by atoms with Crippen LogP contribution in [-0.2, 0) is 9.53 Å². The molecule has 1 amide bonds. The lowest BCUT2D eigenvalue weighted by molar-refractivity contribution is -0.141. The van der Waals surface area contributed by atoms with Crippen LogP contribution in [0.1, 0.15) is 12.8 Å². The van der Waals surface area contributed by atoms with E-state index < -0.39 is 12.1 Å². The maximum atomic E-state index is 11.0. The van der Waals surface area contributed by atoms with Gasteiger partial charge in [-0.2, -0.15) is 0 Å². The smallest absolute Gasteiger partial charge is 0.407 e. The molecule has 6 nitrogen and oxygen atoms in total. The molecule has 0 saturated carbocycles. The number of hydrogen-bond acceptors (Lipinski definition) is 4. The van der Waals surface area contributed by atoms with E-state index >= 15 is 0 Å². The zero-order valence-corrected chi connectivity index (χ0v) is 7.97. The summed E-state index contributed by atoms with van der Waals surface area (Å²) < 4.78 is 4.48. The Morgan fingerprint density at radius 2 is 2.29 bits per heavy atom. The fraction of sp³-hybridized carbons (Fsp3) is 0.750. The van der Waals surface area contributed by atoms with E-state index in [1.165, 1.54) is 12.0 Å². The average Bonchev–Trinajstić information content (AvgIpc) is 2.46. The lowest BCUT2D eigenvalue weighted by Crippen LogP contribution is -2.36. The molecule has 0 aliphatic carbocycles. The number of likely N-dealkylation sites (tertiary alicyclic amines) is 1. The topological polar surface area (TPSA) is 92.9 Å². The second kappa shape index (κ2) is 4.28. The van der Waals surface area contributed by atoms with Gasteiger partial charge in [0.25, 0.3) is 0 Å². The highest BCUT2D eigenvalue weighted by atomic mass is 16.5. The maximum Gasteiger partial charge on any atom is 0.407 e. The number of esters is 1. The van der Waals surface area contributed by atoms with E-state index in [1.54, 1.807) is 0 Å². The molecule has 14 heavy (non-hydrogen) atoms. The molecule has 0 unspecified atom stereocenters. The van der Waals surface area contributed by atoms with Gasteiger partial charge in [-0.25, -0.2) is 4.79 Å². The third-order valence-electron chi connectivity index (χ3n) is 2.32. The Kier molecular flexibility index (Phi) is 3.29. The van der Waals surface area contributed by atoms with Crippen molar-refractivity contribution in [3.8, 4) is 0 Å². The predicted molar refractivity (Wildman–Crippen MR) is 47.7 cm³/mol. The first kappa shape index (κ1) is 10.8. The van der Waals surface area contributed by atoms with Gasteiger partial charge in [-0.3, -0.25) is 4.79 Å². The maximum absolute atomic E-state index is 11.0. The summed E-state index contributed by atoms with van der Waals surface area (Å²) in [5, 5.41) is 8.81. The molecule has 1 heterocycles. The van der Waals surface area contributed by atoms with Crippen molar-refractivity contribution in [3.05, 3.63) is 0 Å². The summed E-state index contributed by atoms with van der Waals surface area (Å²) in [5.41, 5.74) is 5.61. The zero-order chi connectivity index (χ0) is 10.7. The third-order valence-corrected chi connectivity index (χ3v) is 2.32. The molecular weight excluding hydrogens is 188 g/mol. The number of nitrogens with zero attached hydrogens (tertiary/aromatic N) is 1. The Hall–Kier alpha value is -1.30. The summed E-state index contributed by atoms with van der Waals surface area (Å²) in [6.07, 6.45) is -0.440. The van der Waals surface area contributed by atoms with Gasteiger partial charge in [0.2, 0.25) is 0 Å². The molecule has 80 valence electrons. The number of hydrogen-bond donors (Lipinski definition) is 2. The second-order valence-electron chi connectivity index (χ2n) is 3.36. The summed E-state index contributed by atoms with van der Waals surface area (Å²) in [6.45, 7) is 0.289. The van der Waals surface area contributed by atoms with Gasteiger partial charge in [0, 0.05) is 18.6 Å². The van der Waals surface area contributed by atoms with Gasteiger partial charge >= 0.3 is 12.1 Å². The Morgan fingerprint density at radius 1 is 1.64 bits per heavy atom. The van der Waals surface area contributed by atoms with Crippen molar-refractivity contribution in [2.45, 2.75) is 24.9 Å². The van der Waals surface area contributed by atoms with Gasteiger partial charge in [0.05, 0.1) is 13.5 Å². The summed E-state index contributed by atoms with van der Waals surface area (Å²) in [7, 11) is 1.28. The minimum atomic E-state index is -1.04. The molecule has 0 aromatic carbocycles. The quantitative estimate of drug-likeness (QED) is 0.596. The van der Waals surface area contributed by atoms with Gasteiger partial charge in [-0.05, 0) is 6.42 Å². The molecule has 0 spiro atoms. The highest BCUT2D eigenvalue weighted by molar-refractivity contribution is 5.72. The first-order valence-electron chi connectivity index (χ1n) is 4.36. The van der Waals surface area contributed by atoms with Crippen LogP contribution >= 0.6 is 0 Å². The lowest BCUT2D eigenvalue weighted by Gasteiger charge is -2.19. The van der Waals surface area contributed by atoms with Crippen molar-refractivity contribution in [1.82, 2.24) is 4.90 Å². The first-order valence-corrected chi connectivity index (χ1v) is 4.36. The molecule has 1 saturated heterocycles. The van der Waals surface area contributed by atoms with Crippen LogP contribution in [0.3, 0.4) is 0 Å². The Morgan fingerprint density at radius 3 is 2.79 bits per heavy atom. The van der Waals surface area contributed by atoms with E-state index in [0.29, 0.717) is 6.42 Å². The van der Waals surface area contributed by atoms with Crippen molar-refractivity contribution >= 4 is 12.1 Å². The number of carbonyl (C=O) groups is 2. The fourth-order valence-electron chi connectivity index (χ4n) is 1.66. The molecule has 2 atom stereocenters. The van der Waals surface area contributed by atoms with Crippen LogP contribution in [0, 0.1) is 0 Å². The molecule has 1 rings (SSSR count). The van der Waals surface area contributed by atoms with Crippen molar-refractivity contribution in [3.63, 3.8) is 0 Å². The molecule has 1 fully saturated rings. The van der Waals surface area contributed by atoms with Crippen molar-refractivity contribution in [2.24, 2.45) is 5.73 Å². The van der Waals surface area contributed by atoms with Crippen LogP contribution in [0.4, 0.5) is 4.79 Å². The van der Waals surface area contributed by atoms with Gasteiger partial charge < -0.3 is 20.5 Å². The summed E-state index contributed by atoms with van der Waals surface area (Å²) >= 11 is 0. The number of carbonyl (C=O) groups excluding carboxylic acids is 1. The summed E-state index contributed by atoms with van der Waals surface area (Å²) in [5.74, 6) is -0.407. The third kappa shape index (κ3) is 2.35. The normalized spacial score (nSPS) is 26.3. The van der Waals surface area contributed by atoms with Crippen molar-refractivity contribution in [2.75, 3.05) is 13.7 Å². The van der Waals surface area contributed by atoms with Crippen LogP contribution in [0.5, 0.6) is 0 Å². The lowest BCUT2D eigenvalue weighted by atomic mass is 10.1. The Labute approximate surface area is 81.6 Å². The van der Waals surface area contributed by atoms with E-state index in [9.17, 15) is 9.59 Å². The van der Waals surface area contributed by atoms with Gasteiger partial charge in [0.15, 0.2) is 0 Å². The number of ether oxygens (including phenoxy) is 1. The molecule has 1 aliphatic heterocycles. The van der Waals surface area contributed by atoms with E-state index in [1.807, 2.05) is 0 Å². The standard InChI is InChI=1S/C8H14N2O4/c1-14-7(11)3-6-2-5(9)4-10(6)8(12)13/h5-6H,2-4,9H2,1H3,(H,12,13)/t5-,6-/m0/s1. The summed E-state index contributed by atoms with van der Waals surface area (Å²) in [6, 6.07) is -0.518. The van der Waals surface area contributed by atoms with Gasteiger partial charge in [-0.15, -0.1) is 0 Å². The fourth-order valence-corrected chi connectivity index (χ4v) is 1.66. The molecule has 0 radical (unpaired) electrons. The van der Waals surface area contributed by atoms with Gasteiger partial charge in [0.1, 0.15) is 0 Å². The molecule has 1 aliphatic rings. The van der Waals surface area contributed by atoms with E-state index in [2.05, 4.69) is 4.74 Å². The largest absolute Gasteiger partial charge is 0.469 e. The molecule has 3 N–H and O–H groups in total. The van der Waals surface area contributed by atoms with E-state index in [4.69, 9.17) is 10.8 Å². The average molecular weight is 202 g/mol. The Bertz CT molecular complexity index is 243. The van der Waals surface area contributed by atoms with Crippen LogP contribution < -0.4 is 5.73 Å². The van der Waals surface area contributed by atoms with E-state index in [-0.39, 0.29) is 25.0 Å². The minimum Gasteiger partial charge on any atom is -0.469 e. The molecule has 0 aromatic heterocycles. The predicted octanol–water partition coefficient (Wildman–Crippen LogP) is -0.371. The SMILES string of the molecule is COC(=O)C[C@@H]1C[C@H](N)CN1C(=O)O.